The number of alkyl halides is 29. The van der Waals surface area contributed by atoms with E-state index < -0.39 is 94.9 Å². The van der Waals surface area contributed by atoms with Gasteiger partial charge in [0.25, 0.3) is 0 Å². The maximum Gasteiger partial charge on any atom is 0.460 e. The summed E-state index contributed by atoms with van der Waals surface area (Å²) in [6.07, 6.45) is -35.9. The molecule has 31 heteroatoms. The van der Waals surface area contributed by atoms with Crippen LogP contribution in [0.15, 0.2) is 12.2 Å². The number of carbonyl (C=O) groups is 1. The molecule has 0 N–H and O–H groups in total. The van der Waals surface area contributed by atoms with Crippen LogP contribution >= 0.6 is 0 Å². The third-order valence-corrected chi connectivity index (χ3v) is 5.86. The summed E-state index contributed by atoms with van der Waals surface area (Å²) < 4.78 is 395. The fourth-order valence-corrected chi connectivity index (χ4v) is 3.18. The molecular weight excluding hydrogens is 799 g/mol. The van der Waals surface area contributed by atoms with E-state index >= 15 is 4.39 Å². The van der Waals surface area contributed by atoms with Gasteiger partial charge in [-0.3, -0.25) is 0 Å². The van der Waals surface area contributed by atoms with Crippen LogP contribution in [0.25, 0.3) is 0 Å². The van der Waals surface area contributed by atoms with Gasteiger partial charge in [-0.05, 0) is 6.92 Å². The Kier molecular flexibility index (Phi) is 10.7. The second-order valence-corrected chi connectivity index (χ2v) is 9.10. The molecule has 0 aliphatic heterocycles. The molecule has 1 unspecified atom stereocenters. The summed E-state index contributed by atoms with van der Waals surface area (Å²) in [5.74, 6) is -91.5. The zero-order chi connectivity index (χ0) is 40.9. The number of esters is 1. The Hall–Kier alpha value is -2.82. The van der Waals surface area contributed by atoms with Gasteiger partial charge in [-0.1, -0.05) is 6.58 Å². The van der Waals surface area contributed by atoms with Crippen molar-refractivity contribution in [3.63, 3.8) is 0 Å². The van der Waals surface area contributed by atoms with Crippen molar-refractivity contribution >= 4 is 5.97 Å². The third kappa shape index (κ3) is 5.55. The first-order valence-corrected chi connectivity index (χ1v) is 10.4. The average molecular weight is 804 g/mol. The van der Waals surface area contributed by atoms with Gasteiger partial charge >= 0.3 is 89.3 Å². The van der Waals surface area contributed by atoms with Crippen LogP contribution in [0.1, 0.15) is 6.92 Å². The highest BCUT2D eigenvalue weighted by atomic mass is 19.4. The Bertz CT molecular complexity index is 1220. The lowest BCUT2D eigenvalue weighted by molar-refractivity contribution is -0.532. The van der Waals surface area contributed by atoms with Crippen LogP contribution in [0.3, 0.4) is 0 Å². The molecule has 0 aliphatic rings. The van der Waals surface area contributed by atoms with Gasteiger partial charge in [0.15, 0.2) is 0 Å². The molecule has 49 heavy (non-hydrogen) atoms. The zero-order valence-electron chi connectivity index (χ0n) is 21.5. The zero-order valence-corrected chi connectivity index (χ0v) is 21.5. The minimum absolute atomic E-state index is 0.322. The van der Waals surface area contributed by atoms with Crippen molar-refractivity contribution in [1.29, 1.82) is 0 Å². The third-order valence-electron chi connectivity index (χ3n) is 5.86. The summed E-state index contributed by atoms with van der Waals surface area (Å²) in [6, 6.07) is 0. The first kappa shape index (κ1) is 46.2. The summed E-state index contributed by atoms with van der Waals surface area (Å²) in [5, 5.41) is 0. The van der Waals surface area contributed by atoms with Gasteiger partial charge in [-0.15, -0.1) is 0 Å². The number of carbonyl (C=O) groups excluding carboxylic acids is 1. The van der Waals surface area contributed by atoms with Gasteiger partial charge < -0.3 is 4.74 Å². The number of halogens is 29. The Morgan fingerprint density at radius 2 is 0.571 bits per heavy atom. The second-order valence-electron chi connectivity index (χ2n) is 9.10. The van der Waals surface area contributed by atoms with E-state index in [2.05, 4.69) is 0 Å². The molecule has 0 saturated carbocycles. The van der Waals surface area contributed by atoms with Crippen molar-refractivity contribution in [3.05, 3.63) is 12.2 Å². The van der Waals surface area contributed by atoms with E-state index in [4.69, 9.17) is 0 Å². The normalized spacial score (nSPS) is 17.5. The van der Waals surface area contributed by atoms with Crippen LogP contribution in [0.5, 0.6) is 0 Å². The molecule has 0 radical (unpaired) electrons. The Morgan fingerprint density at radius 1 is 0.367 bits per heavy atom. The average Bonchev–Trinajstić information content (AvgIpc) is 2.79. The highest BCUT2D eigenvalue weighted by molar-refractivity contribution is 5.87. The molecule has 0 bridgehead atoms. The molecule has 0 fully saturated rings. The smallest absolute Gasteiger partial charge is 0.417 e. The molecule has 0 rings (SSSR count). The number of hydrogen-bond donors (Lipinski definition) is 0. The molecule has 0 saturated heterocycles. The molecule has 0 aromatic heterocycles. The largest absolute Gasteiger partial charge is 0.460 e. The number of hydrogen-bond acceptors (Lipinski definition) is 2. The summed E-state index contributed by atoms with van der Waals surface area (Å²) in [4.78, 5) is 11.3. The molecule has 0 aliphatic carbocycles. The monoisotopic (exact) mass is 804 g/mol. The summed E-state index contributed by atoms with van der Waals surface area (Å²) >= 11 is 0. The van der Waals surface area contributed by atoms with Crippen LogP contribution in [0.2, 0.25) is 0 Å². The van der Waals surface area contributed by atoms with E-state index in [0.29, 0.717) is 0 Å². The van der Waals surface area contributed by atoms with Crippen LogP contribution in [-0.4, -0.2) is 83.9 Å². The predicted molar refractivity (Wildman–Crippen MR) is 91.0 cm³/mol. The summed E-state index contributed by atoms with van der Waals surface area (Å²) in [6.45, 7) is 1.66. The maximum atomic E-state index is 15.3. The molecule has 0 heterocycles. The first-order chi connectivity index (χ1) is 20.6. The predicted octanol–water partition coefficient (Wildman–Crippen LogP) is 10.1. The fourth-order valence-electron chi connectivity index (χ4n) is 3.18. The van der Waals surface area contributed by atoms with Crippen molar-refractivity contribution in [2.24, 2.45) is 5.41 Å². The van der Waals surface area contributed by atoms with Crippen molar-refractivity contribution < 1.29 is 137 Å². The van der Waals surface area contributed by atoms with Crippen molar-refractivity contribution in [3.8, 4) is 0 Å². The van der Waals surface area contributed by atoms with Crippen molar-refractivity contribution in [2.45, 2.75) is 84.9 Å². The van der Waals surface area contributed by atoms with Gasteiger partial charge in [-0.2, -0.15) is 127 Å². The number of ether oxygens (including phenoxy) is 1. The van der Waals surface area contributed by atoms with E-state index in [0.717, 1.165) is 0 Å². The molecule has 0 amide bonds. The first-order valence-electron chi connectivity index (χ1n) is 10.4. The van der Waals surface area contributed by atoms with Crippen LogP contribution in [0, 0.1) is 5.41 Å². The quantitative estimate of drug-likeness (QED) is 0.118. The minimum atomic E-state index is -10.1. The molecule has 1 atom stereocenters. The van der Waals surface area contributed by atoms with E-state index in [1.807, 2.05) is 11.3 Å². The SMILES string of the molecule is C=C(C)C(=O)OC(F)(C(F)(F)C(F)(F)C(F)(F)C(F)(F)C(F)(F)C(F)(F)C(F)(F)C(F)(F)C(F)(F)F)C(C(F)(F)F)(C(F)(F)F)C(F)(F)F. The lowest BCUT2D eigenvalue weighted by Gasteiger charge is -2.51. The van der Waals surface area contributed by atoms with E-state index in [1.165, 1.54) is 0 Å². The summed E-state index contributed by atoms with van der Waals surface area (Å²) in [5.41, 5.74) is -11.9. The maximum absolute atomic E-state index is 15.3. The van der Waals surface area contributed by atoms with Crippen LogP contribution < -0.4 is 0 Å². The van der Waals surface area contributed by atoms with Crippen molar-refractivity contribution in [2.75, 3.05) is 0 Å². The minimum Gasteiger partial charge on any atom is -0.417 e. The van der Waals surface area contributed by atoms with Crippen molar-refractivity contribution in [1.82, 2.24) is 0 Å². The Morgan fingerprint density at radius 3 is 0.755 bits per heavy atom. The lowest BCUT2D eigenvalue weighted by atomic mass is 9.71. The van der Waals surface area contributed by atoms with Gasteiger partial charge in [0.05, 0.1) is 0 Å². The highest BCUT2D eigenvalue weighted by Gasteiger charge is 3.04. The molecular formula is C18H5F29O2. The molecule has 0 aromatic rings. The van der Waals surface area contributed by atoms with Gasteiger partial charge in [0, 0.05) is 5.57 Å². The van der Waals surface area contributed by atoms with Gasteiger partial charge in [-0.25, -0.2) is 4.79 Å². The lowest BCUT2D eigenvalue weighted by Crippen LogP contribution is -2.82. The van der Waals surface area contributed by atoms with Crippen LogP contribution in [-0.2, 0) is 9.53 Å². The topological polar surface area (TPSA) is 26.3 Å². The Balaban J connectivity index is 8.47. The van der Waals surface area contributed by atoms with Crippen LogP contribution in [0.4, 0.5) is 127 Å². The van der Waals surface area contributed by atoms with Gasteiger partial charge in [0.1, 0.15) is 0 Å². The second kappa shape index (κ2) is 11.3. The fraction of sp³-hybridized carbons (Fsp3) is 0.833. The van der Waals surface area contributed by atoms with E-state index in [1.54, 1.807) is 0 Å². The van der Waals surface area contributed by atoms with E-state index in [-0.39, 0.29) is 6.92 Å². The Labute approximate surface area is 246 Å². The van der Waals surface area contributed by atoms with Gasteiger partial charge in [0.2, 0.25) is 0 Å². The molecule has 292 valence electrons. The number of rotatable bonds is 11. The molecule has 2 nitrogen and oxygen atoms in total. The molecule has 0 spiro atoms. The standard InChI is InChI=1S/C18H5F29O2/c1-3(2)4(48)49-14(35,5(15(36,37)38,16(39,40)41)17(42,43)44)12(31,32)10(27,28)8(23,24)6(19,20)7(21,22)9(25,26)11(29,30)13(33,34)18(45,46)47/h1H2,2H3. The van der Waals surface area contributed by atoms with E-state index in [9.17, 15) is 128 Å². The highest BCUT2D eigenvalue weighted by Crippen LogP contribution is 2.73. The molecule has 0 aromatic carbocycles. The summed E-state index contributed by atoms with van der Waals surface area (Å²) in [7, 11) is 0.